The van der Waals surface area contributed by atoms with Crippen molar-refractivity contribution < 1.29 is 0 Å². The van der Waals surface area contributed by atoms with E-state index in [0.29, 0.717) is 6.54 Å². The van der Waals surface area contributed by atoms with E-state index in [9.17, 15) is 0 Å². The highest BCUT2D eigenvalue weighted by Gasteiger charge is 2.10. The van der Waals surface area contributed by atoms with Crippen LogP contribution in [0.3, 0.4) is 0 Å². The standard InChI is InChI=1S/C14H18N6/c1-3-20-14-7-5-4-6-12(14)13(17-20)10-19-9-11(8-15-2)16-18-19/h4-7,9,15H,3,8,10H2,1-2H3. The molecule has 2 aromatic heterocycles. The fourth-order valence-corrected chi connectivity index (χ4v) is 2.39. The Morgan fingerprint density at radius 2 is 2.10 bits per heavy atom. The van der Waals surface area contributed by atoms with Crippen LogP contribution in [0.15, 0.2) is 30.5 Å². The summed E-state index contributed by atoms with van der Waals surface area (Å²) in [6.07, 6.45) is 1.95. The Morgan fingerprint density at radius 3 is 2.90 bits per heavy atom. The molecule has 20 heavy (non-hydrogen) atoms. The molecule has 0 aliphatic carbocycles. The first kappa shape index (κ1) is 12.8. The van der Waals surface area contributed by atoms with Crippen molar-refractivity contribution in [1.82, 2.24) is 30.1 Å². The summed E-state index contributed by atoms with van der Waals surface area (Å²) in [7, 11) is 1.90. The van der Waals surface area contributed by atoms with Gasteiger partial charge in [-0.2, -0.15) is 5.10 Å². The molecule has 1 N–H and O–H groups in total. The van der Waals surface area contributed by atoms with Crippen molar-refractivity contribution in [2.45, 2.75) is 26.6 Å². The molecule has 0 fully saturated rings. The van der Waals surface area contributed by atoms with Crippen LogP contribution in [0, 0.1) is 0 Å². The van der Waals surface area contributed by atoms with E-state index in [-0.39, 0.29) is 0 Å². The van der Waals surface area contributed by atoms with Gasteiger partial charge in [-0.1, -0.05) is 23.4 Å². The molecule has 6 nitrogen and oxygen atoms in total. The lowest BCUT2D eigenvalue weighted by atomic mass is 10.2. The molecule has 0 bridgehead atoms. The Hall–Kier alpha value is -2.21. The Bertz CT molecular complexity index is 711. The summed E-state index contributed by atoms with van der Waals surface area (Å²) in [5.41, 5.74) is 3.13. The van der Waals surface area contributed by atoms with Gasteiger partial charge >= 0.3 is 0 Å². The number of fused-ring (bicyclic) bond motifs is 1. The minimum atomic E-state index is 0.643. The molecule has 0 saturated heterocycles. The average Bonchev–Trinajstić information content (AvgIpc) is 3.05. The molecule has 104 valence electrons. The number of hydrogen-bond donors (Lipinski definition) is 1. The Kier molecular flexibility index (Phi) is 3.47. The van der Waals surface area contributed by atoms with Crippen LogP contribution >= 0.6 is 0 Å². The quantitative estimate of drug-likeness (QED) is 0.761. The predicted octanol–water partition coefficient (Wildman–Crippen LogP) is 1.42. The molecule has 3 rings (SSSR count). The lowest BCUT2D eigenvalue weighted by molar-refractivity contribution is 0.610. The van der Waals surface area contributed by atoms with Gasteiger partial charge in [0.2, 0.25) is 0 Å². The van der Waals surface area contributed by atoms with Crippen molar-refractivity contribution in [2.75, 3.05) is 7.05 Å². The SMILES string of the molecule is CCn1nc(Cn2cc(CNC)nn2)c2ccccc21. The zero-order chi connectivity index (χ0) is 13.9. The van der Waals surface area contributed by atoms with Crippen LogP contribution in [-0.4, -0.2) is 31.8 Å². The van der Waals surface area contributed by atoms with Crippen LogP contribution in [0.1, 0.15) is 18.3 Å². The minimum absolute atomic E-state index is 0.643. The first-order chi connectivity index (χ1) is 9.81. The molecule has 3 aromatic rings. The van der Waals surface area contributed by atoms with Gasteiger partial charge in [-0.05, 0) is 20.0 Å². The third-order valence-electron chi connectivity index (χ3n) is 3.29. The minimum Gasteiger partial charge on any atom is -0.314 e. The van der Waals surface area contributed by atoms with Gasteiger partial charge in [0.1, 0.15) is 0 Å². The monoisotopic (exact) mass is 270 g/mol. The van der Waals surface area contributed by atoms with Crippen molar-refractivity contribution in [3.05, 3.63) is 41.9 Å². The van der Waals surface area contributed by atoms with Gasteiger partial charge in [0.05, 0.1) is 29.6 Å². The fourth-order valence-electron chi connectivity index (χ4n) is 2.39. The van der Waals surface area contributed by atoms with Crippen LogP contribution < -0.4 is 5.32 Å². The zero-order valence-corrected chi connectivity index (χ0v) is 11.7. The molecule has 0 atom stereocenters. The van der Waals surface area contributed by atoms with Crippen LogP contribution in [0.5, 0.6) is 0 Å². The molecule has 0 aliphatic rings. The second-order valence-corrected chi connectivity index (χ2v) is 4.72. The van der Waals surface area contributed by atoms with E-state index in [0.717, 1.165) is 24.5 Å². The van der Waals surface area contributed by atoms with E-state index >= 15 is 0 Å². The van der Waals surface area contributed by atoms with E-state index in [1.54, 1.807) is 0 Å². The Morgan fingerprint density at radius 1 is 1.25 bits per heavy atom. The van der Waals surface area contributed by atoms with Gasteiger partial charge in [-0.15, -0.1) is 5.10 Å². The highest BCUT2D eigenvalue weighted by molar-refractivity contribution is 5.81. The fraction of sp³-hybridized carbons (Fsp3) is 0.357. The van der Waals surface area contributed by atoms with Gasteiger partial charge in [-0.3, -0.25) is 4.68 Å². The normalized spacial score (nSPS) is 11.3. The van der Waals surface area contributed by atoms with E-state index in [1.807, 2.05) is 34.7 Å². The number of nitrogens with zero attached hydrogens (tertiary/aromatic N) is 5. The molecular formula is C14H18N6. The summed E-state index contributed by atoms with van der Waals surface area (Å²) in [6, 6.07) is 8.29. The first-order valence-corrected chi connectivity index (χ1v) is 6.80. The average molecular weight is 270 g/mol. The second-order valence-electron chi connectivity index (χ2n) is 4.72. The van der Waals surface area contributed by atoms with Crippen LogP contribution in [0.25, 0.3) is 10.9 Å². The molecule has 6 heteroatoms. The largest absolute Gasteiger partial charge is 0.314 e. The number of para-hydroxylation sites is 1. The Balaban J connectivity index is 1.93. The number of nitrogens with one attached hydrogen (secondary N) is 1. The number of aryl methyl sites for hydroxylation is 1. The van der Waals surface area contributed by atoms with Gasteiger partial charge in [-0.25, -0.2) is 4.68 Å². The maximum absolute atomic E-state index is 4.67. The molecule has 0 saturated carbocycles. The third kappa shape index (κ3) is 2.30. The zero-order valence-electron chi connectivity index (χ0n) is 11.7. The van der Waals surface area contributed by atoms with Gasteiger partial charge in [0, 0.05) is 18.5 Å². The van der Waals surface area contributed by atoms with Crippen molar-refractivity contribution >= 4 is 10.9 Å². The summed E-state index contributed by atoms with van der Waals surface area (Å²) < 4.78 is 3.86. The van der Waals surface area contributed by atoms with E-state index in [4.69, 9.17) is 0 Å². The third-order valence-corrected chi connectivity index (χ3v) is 3.29. The van der Waals surface area contributed by atoms with E-state index in [2.05, 4.69) is 39.8 Å². The Labute approximate surface area is 117 Å². The number of rotatable bonds is 5. The molecule has 0 amide bonds. The first-order valence-electron chi connectivity index (χ1n) is 6.80. The maximum Gasteiger partial charge on any atom is 0.0964 e. The summed E-state index contributed by atoms with van der Waals surface area (Å²) in [6.45, 7) is 4.33. The van der Waals surface area contributed by atoms with Crippen LogP contribution in [0.4, 0.5) is 0 Å². The topological polar surface area (TPSA) is 60.6 Å². The van der Waals surface area contributed by atoms with Crippen molar-refractivity contribution in [2.24, 2.45) is 0 Å². The lowest BCUT2D eigenvalue weighted by Gasteiger charge is -1.97. The molecule has 1 aromatic carbocycles. The maximum atomic E-state index is 4.67. The second kappa shape index (κ2) is 5.42. The summed E-state index contributed by atoms with van der Waals surface area (Å²) in [5, 5.41) is 17.2. The van der Waals surface area contributed by atoms with E-state index in [1.165, 1.54) is 10.9 Å². The lowest BCUT2D eigenvalue weighted by Crippen LogP contribution is -2.05. The molecule has 0 unspecified atom stereocenters. The molecule has 2 heterocycles. The van der Waals surface area contributed by atoms with Crippen molar-refractivity contribution in [1.29, 1.82) is 0 Å². The van der Waals surface area contributed by atoms with Crippen molar-refractivity contribution in [3.8, 4) is 0 Å². The highest BCUT2D eigenvalue weighted by atomic mass is 15.4. The van der Waals surface area contributed by atoms with Crippen molar-refractivity contribution in [3.63, 3.8) is 0 Å². The predicted molar refractivity (Wildman–Crippen MR) is 77.3 cm³/mol. The van der Waals surface area contributed by atoms with Gasteiger partial charge in [0.15, 0.2) is 0 Å². The summed E-state index contributed by atoms with van der Waals surface area (Å²) >= 11 is 0. The summed E-state index contributed by atoms with van der Waals surface area (Å²) in [5.74, 6) is 0. The van der Waals surface area contributed by atoms with Crippen LogP contribution in [0.2, 0.25) is 0 Å². The smallest absolute Gasteiger partial charge is 0.0964 e. The molecule has 0 aliphatic heterocycles. The van der Waals surface area contributed by atoms with Gasteiger partial charge < -0.3 is 5.32 Å². The number of hydrogen-bond acceptors (Lipinski definition) is 4. The van der Waals surface area contributed by atoms with Crippen LogP contribution in [-0.2, 0) is 19.6 Å². The molecule has 0 radical (unpaired) electrons. The number of benzene rings is 1. The summed E-state index contributed by atoms with van der Waals surface area (Å²) in [4.78, 5) is 0. The molecular weight excluding hydrogens is 252 g/mol. The molecule has 0 spiro atoms. The van der Waals surface area contributed by atoms with Gasteiger partial charge in [0.25, 0.3) is 0 Å². The highest BCUT2D eigenvalue weighted by Crippen LogP contribution is 2.19. The van der Waals surface area contributed by atoms with E-state index < -0.39 is 0 Å². The number of aromatic nitrogens is 5.